The minimum absolute atomic E-state index is 0.00598. The minimum atomic E-state index is -0.784. The molecule has 0 aromatic heterocycles. The molecule has 1 aromatic carbocycles. The second-order valence-corrected chi connectivity index (χ2v) is 7.82. The zero-order valence-corrected chi connectivity index (χ0v) is 13.7. The Hall–Kier alpha value is -1.34. The molecule has 1 amide bonds. The molecule has 5 nitrogen and oxygen atoms in total. The van der Waals surface area contributed by atoms with E-state index in [2.05, 4.69) is 5.32 Å². The lowest BCUT2D eigenvalue weighted by Crippen LogP contribution is -2.27. The number of rotatable bonds is 9. The number of aromatic hydroxyl groups is 1. The van der Waals surface area contributed by atoms with Crippen LogP contribution in [0.2, 0.25) is 0 Å². The maximum absolute atomic E-state index is 12.0. The first-order valence-corrected chi connectivity index (χ1v) is 9.59. The average molecular weight is 341 g/mol. The molecule has 0 radical (unpaired) electrons. The highest BCUT2D eigenvalue weighted by atomic mass is 33.1. The predicted molar refractivity (Wildman–Crippen MR) is 89.1 cm³/mol. The molecular formula is C15H19NO4S2. The van der Waals surface area contributed by atoms with Gasteiger partial charge in [-0.15, -0.1) is 0 Å². The van der Waals surface area contributed by atoms with Gasteiger partial charge in [0.15, 0.2) is 0 Å². The van der Waals surface area contributed by atoms with Crippen molar-refractivity contribution in [2.75, 3.05) is 18.1 Å². The van der Waals surface area contributed by atoms with Crippen molar-refractivity contribution >= 4 is 33.5 Å². The van der Waals surface area contributed by atoms with Gasteiger partial charge in [-0.1, -0.05) is 33.7 Å². The molecule has 0 aliphatic heterocycles. The molecular weight excluding hydrogens is 322 g/mol. The van der Waals surface area contributed by atoms with E-state index < -0.39 is 5.97 Å². The summed E-state index contributed by atoms with van der Waals surface area (Å²) in [6.07, 6.45) is 0.994. The molecule has 0 bridgehead atoms. The third-order valence-electron chi connectivity index (χ3n) is 3.39. The van der Waals surface area contributed by atoms with E-state index in [-0.39, 0.29) is 29.9 Å². The molecule has 1 aliphatic rings. The third kappa shape index (κ3) is 5.46. The second-order valence-electron chi connectivity index (χ2n) is 5.12. The van der Waals surface area contributed by atoms with Crippen LogP contribution in [0.5, 0.6) is 5.75 Å². The van der Waals surface area contributed by atoms with Crippen LogP contribution in [-0.2, 0) is 9.59 Å². The van der Waals surface area contributed by atoms with Gasteiger partial charge in [0.25, 0.3) is 0 Å². The van der Waals surface area contributed by atoms with E-state index in [1.54, 1.807) is 29.0 Å². The fourth-order valence-corrected chi connectivity index (χ4v) is 4.09. The Morgan fingerprint density at radius 2 is 2.05 bits per heavy atom. The summed E-state index contributed by atoms with van der Waals surface area (Å²) < 4.78 is 0. The molecule has 2 atom stereocenters. The molecule has 1 fully saturated rings. The molecule has 120 valence electrons. The van der Waals surface area contributed by atoms with Gasteiger partial charge in [-0.3, -0.25) is 9.59 Å². The molecule has 0 spiro atoms. The van der Waals surface area contributed by atoms with Crippen LogP contribution < -0.4 is 5.32 Å². The summed E-state index contributed by atoms with van der Waals surface area (Å²) in [7, 11) is 3.09. The molecule has 7 heteroatoms. The van der Waals surface area contributed by atoms with E-state index in [4.69, 9.17) is 5.11 Å². The summed E-state index contributed by atoms with van der Waals surface area (Å²) in [6.45, 7) is 0.590. The predicted octanol–water partition coefficient (Wildman–Crippen LogP) is 2.47. The van der Waals surface area contributed by atoms with E-state index in [1.807, 2.05) is 6.07 Å². The number of benzene rings is 1. The molecule has 2 rings (SSSR count). The Labute approximate surface area is 137 Å². The standard InChI is InChI=1S/C15H19NO4S2/c17-11-3-1-2-10(8-11)12-9-13(12)15(20)16-5-7-22-21-6-4-14(18)19/h1-3,8,12-13,17H,4-7,9H2,(H,16,20)(H,18,19)/t12-,13+/m0/s1. The lowest BCUT2D eigenvalue weighted by molar-refractivity contribution is -0.136. The van der Waals surface area contributed by atoms with Crippen LogP contribution in [0.1, 0.15) is 24.3 Å². The van der Waals surface area contributed by atoms with Crippen molar-refractivity contribution in [1.29, 1.82) is 0 Å². The molecule has 0 saturated heterocycles. The number of hydrogen-bond donors (Lipinski definition) is 3. The summed E-state index contributed by atoms with van der Waals surface area (Å²) in [5, 5.41) is 20.9. The zero-order valence-electron chi connectivity index (χ0n) is 12.0. The highest BCUT2D eigenvalue weighted by molar-refractivity contribution is 8.76. The first kappa shape index (κ1) is 17.0. The van der Waals surface area contributed by atoms with Crippen molar-refractivity contribution in [2.24, 2.45) is 5.92 Å². The molecule has 0 unspecified atom stereocenters. The number of carboxylic acids is 1. The quantitative estimate of drug-likeness (QED) is 0.472. The Kier molecular flexibility index (Phi) is 6.45. The van der Waals surface area contributed by atoms with Gasteiger partial charge in [0, 0.05) is 24.0 Å². The lowest BCUT2D eigenvalue weighted by atomic mass is 10.1. The number of carboxylic acid groups (broad SMARTS) is 1. The Balaban J connectivity index is 1.58. The van der Waals surface area contributed by atoms with Crippen LogP contribution in [0.3, 0.4) is 0 Å². The number of amides is 1. The topological polar surface area (TPSA) is 86.6 Å². The number of carbonyl (C=O) groups is 2. The molecule has 1 aliphatic carbocycles. The summed E-state index contributed by atoms with van der Waals surface area (Å²) in [5.41, 5.74) is 1.01. The lowest BCUT2D eigenvalue weighted by Gasteiger charge is -2.05. The van der Waals surface area contributed by atoms with Gasteiger partial charge in [0.1, 0.15) is 5.75 Å². The normalized spacial score (nSPS) is 19.6. The molecule has 3 N–H and O–H groups in total. The van der Waals surface area contributed by atoms with Crippen molar-refractivity contribution in [3.63, 3.8) is 0 Å². The van der Waals surface area contributed by atoms with Crippen molar-refractivity contribution < 1.29 is 19.8 Å². The van der Waals surface area contributed by atoms with Crippen LogP contribution in [0.25, 0.3) is 0 Å². The van der Waals surface area contributed by atoms with Gasteiger partial charge in [-0.2, -0.15) is 0 Å². The molecule has 1 saturated carbocycles. The SMILES string of the molecule is O=C(O)CCSSCCNC(=O)[C@@H]1C[C@H]1c1cccc(O)c1. The minimum Gasteiger partial charge on any atom is -0.508 e. The third-order valence-corrected chi connectivity index (χ3v) is 5.80. The fourth-order valence-electron chi connectivity index (χ4n) is 2.20. The summed E-state index contributed by atoms with van der Waals surface area (Å²) in [4.78, 5) is 22.3. The first-order valence-electron chi connectivity index (χ1n) is 7.11. The summed E-state index contributed by atoms with van der Waals surface area (Å²) in [6, 6.07) is 7.07. The number of hydrogen-bond acceptors (Lipinski definition) is 5. The first-order chi connectivity index (χ1) is 10.6. The maximum atomic E-state index is 12.0. The monoisotopic (exact) mass is 341 g/mol. The van der Waals surface area contributed by atoms with Crippen molar-refractivity contribution in [1.82, 2.24) is 5.32 Å². The second kappa shape index (κ2) is 8.33. The van der Waals surface area contributed by atoms with Crippen LogP contribution in [0, 0.1) is 5.92 Å². The van der Waals surface area contributed by atoms with Gasteiger partial charge in [-0.25, -0.2) is 0 Å². The number of nitrogens with one attached hydrogen (secondary N) is 1. The zero-order chi connectivity index (χ0) is 15.9. The van der Waals surface area contributed by atoms with E-state index in [0.717, 1.165) is 17.7 Å². The summed E-state index contributed by atoms with van der Waals surface area (Å²) >= 11 is 0. The molecule has 1 aromatic rings. The van der Waals surface area contributed by atoms with E-state index in [1.165, 1.54) is 10.8 Å². The highest BCUT2D eigenvalue weighted by Crippen LogP contribution is 2.48. The van der Waals surface area contributed by atoms with Crippen LogP contribution in [0.15, 0.2) is 24.3 Å². The molecule has 22 heavy (non-hydrogen) atoms. The van der Waals surface area contributed by atoms with Crippen LogP contribution in [-0.4, -0.2) is 40.1 Å². The van der Waals surface area contributed by atoms with Gasteiger partial charge in [0.05, 0.1) is 6.42 Å². The summed E-state index contributed by atoms with van der Waals surface area (Å²) in [5.74, 6) is 1.07. The number of phenolic OH excluding ortho intramolecular Hbond substituents is 1. The van der Waals surface area contributed by atoms with Gasteiger partial charge >= 0.3 is 5.97 Å². The number of aliphatic carboxylic acids is 1. The highest BCUT2D eigenvalue weighted by Gasteiger charge is 2.43. The maximum Gasteiger partial charge on any atom is 0.304 e. The molecule has 0 heterocycles. The van der Waals surface area contributed by atoms with Crippen molar-refractivity contribution in [3.05, 3.63) is 29.8 Å². The van der Waals surface area contributed by atoms with Crippen molar-refractivity contribution in [3.8, 4) is 5.75 Å². The van der Waals surface area contributed by atoms with Crippen LogP contribution >= 0.6 is 21.6 Å². The van der Waals surface area contributed by atoms with E-state index in [9.17, 15) is 14.7 Å². The number of carbonyl (C=O) groups excluding carboxylic acids is 1. The van der Waals surface area contributed by atoms with E-state index in [0.29, 0.717) is 12.3 Å². The van der Waals surface area contributed by atoms with E-state index >= 15 is 0 Å². The van der Waals surface area contributed by atoms with Gasteiger partial charge < -0.3 is 15.5 Å². The Bertz CT molecular complexity index is 538. The average Bonchev–Trinajstić information content (AvgIpc) is 3.26. The fraction of sp³-hybridized carbons (Fsp3) is 0.467. The van der Waals surface area contributed by atoms with Gasteiger partial charge in [-0.05, 0) is 30.0 Å². The smallest absolute Gasteiger partial charge is 0.304 e. The largest absolute Gasteiger partial charge is 0.508 e. The van der Waals surface area contributed by atoms with Crippen molar-refractivity contribution in [2.45, 2.75) is 18.8 Å². The van der Waals surface area contributed by atoms with Gasteiger partial charge in [0.2, 0.25) is 5.91 Å². The number of phenols is 1. The Morgan fingerprint density at radius 3 is 2.77 bits per heavy atom. The Morgan fingerprint density at radius 1 is 1.27 bits per heavy atom. The van der Waals surface area contributed by atoms with Crippen LogP contribution in [0.4, 0.5) is 0 Å².